The van der Waals surface area contributed by atoms with Gasteiger partial charge in [-0.2, -0.15) is 0 Å². The molecule has 1 rings (SSSR count). The van der Waals surface area contributed by atoms with Crippen LogP contribution in [0.3, 0.4) is 0 Å². The van der Waals surface area contributed by atoms with E-state index in [9.17, 15) is 4.79 Å². The van der Waals surface area contributed by atoms with Gasteiger partial charge < -0.3 is 10.4 Å². The van der Waals surface area contributed by atoms with E-state index < -0.39 is 0 Å². The maximum absolute atomic E-state index is 10.7. The Labute approximate surface area is 84.8 Å². The molecule has 0 heterocycles. The summed E-state index contributed by atoms with van der Waals surface area (Å²) in [6.45, 7) is 5.38. The fourth-order valence-electron chi connectivity index (χ4n) is 0.970. The Morgan fingerprint density at radius 3 is 2.43 bits per heavy atom. The molecular weight excluding hydrogens is 178 g/mol. The number of para-hydroxylation sites is 1. The Morgan fingerprint density at radius 1 is 1.36 bits per heavy atom. The summed E-state index contributed by atoms with van der Waals surface area (Å²) in [4.78, 5) is 10.7. The first-order valence-electron chi connectivity index (χ1n) is 4.70. The molecule has 14 heavy (non-hydrogen) atoms. The number of rotatable bonds is 2. The van der Waals surface area contributed by atoms with E-state index in [0.717, 1.165) is 5.56 Å². The van der Waals surface area contributed by atoms with Crippen molar-refractivity contribution in [1.29, 1.82) is 0 Å². The van der Waals surface area contributed by atoms with Gasteiger partial charge in [0.15, 0.2) is 0 Å². The summed E-state index contributed by atoms with van der Waals surface area (Å²) >= 11 is 0. The average Bonchev–Trinajstić information content (AvgIpc) is 2.21. The summed E-state index contributed by atoms with van der Waals surface area (Å²) in [6, 6.07) is 7.15. The summed E-state index contributed by atoms with van der Waals surface area (Å²) in [5, 5.41) is 11.5. The van der Waals surface area contributed by atoms with E-state index in [0.29, 0.717) is 5.69 Å². The lowest BCUT2D eigenvalue weighted by Crippen LogP contribution is -2.07. The van der Waals surface area contributed by atoms with Crippen LogP contribution in [0.1, 0.15) is 26.3 Å². The van der Waals surface area contributed by atoms with Crippen molar-refractivity contribution >= 4 is 11.6 Å². The fourth-order valence-corrected chi connectivity index (χ4v) is 0.970. The van der Waals surface area contributed by atoms with Gasteiger partial charge in [-0.3, -0.25) is 4.79 Å². The highest BCUT2D eigenvalue weighted by atomic mass is 16.3. The number of anilines is 1. The van der Waals surface area contributed by atoms with Gasteiger partial charge in [0.2, 0.25) is 5.91 Å². The Hall–Kier alpha value is -1.35. The van der Waals surface area contributed by atoms with Crippen molar-refractivity contribution in [3.8, 4) is 0 Å². The molecule has 0 aliphatic rings. The van der Waals surface area contributed by atoms with Crippen molar-refractivity contribution in [3.63, 3.8) is 0 Å². The molecule has 0 radical (unpaired) electrons. The number of aliphatic hydroxyl groups excluding tert-OH is 1. The van der Waals surface area contributed by atoms with Crippen LogP contribution in [0.15, 0.2) is 24.3 Å². The second-order valence-corrected chi connectivity index (χ2v) is 2.50. The van der Waals surface area contributed by atoms with E-state index in [1.807, 2.05) is 26.0 Å². The average molecular weight is 195 g/mol. The molecule has 1 amide bonds. The van der Waals surface area contributed by atoms with Crippen molar-refractivity contribution in [3.05, 3.63) is 29.8 Å². The first-order chi connectivity index (χ1) is 6.74. The Morgan fingerprint density at radius 2 is 1.93 bits per heavy atom. The van der Waals surface area contributed by atoms with E-state index in [2.05, 4.69) is 5.32 Å². The zero-order valence-corrected chi connectivity index (χ0v) is 8.87. The number of carbonyl (C=O) groups excluding carboxylic acids is 1. The number of hydrogen-bond acceptors (Lipinski definition) is 2. The Kier molecular flexibility index (Phi) is 6.41. The van der Waals surface area contributed by atoms with Gasteiger partial charge in [-0.05, 0) is 6.07 Å². The number of amides is 1. The lowest BCUT2D eigenvalue weighted by atomic mass is 10.2. The molecule has 0 atom stereocenters. The molecule has 0 fully saturated rings. The molecule has 1 aromatic carbocycles. The summed E-state index contributed by atoms with van der Waals surface area (Å²) in [6.07, 6.45) is 0. The SMILES string of the molecule is CC.CC(=O)Nc1ccccc1CO. The molecule has 0 aliphatic carbocycles. The van der Waals surface area contributed by atoms with E-state index in [1.54, 1.807) is 12.1 Å². The molecule has 1 aromatic rings. The van der Waals surface area contributed by atoms with Crippen LogP contribution in [0.2, 0.25) is 0 Å². The minimum atomic E-state index is -0.129. The number of nitrogens with one attached hydrogen (secondary N) is 1. The highest BCUT2D eigenvalue weighted by Gasteiger charge is 2.00. The van der Waals surface area contributed by atoms with Crippen LogP contribution in [-0.4, -0.2) is 11.0 Å². The highest BCUT2D eigenvalue weighted by molar-refractivity contribution is 5.89. The van der Waals surface area contributed by atoms with Crippen molar-refractivity contribution in [2.75, 3.05) is 5.32 Å². The zero-order valence-electron chi connectivity index (χ0n) is 8.87. The zero-order chi connectivity index (χ0) is 11.0. The molecule has 0 saturated heterocycles. The number of hydrogen-bond donors (Lipinski definition) is 2. The summed E-state index contributed by atoms with van der Waals surface area (Å²) in [5.41, 5.74) is 1.40. The summed E-state index contributed by atoms with van der Waals surface area (Å²) in [7, 11) is 0. The molecule has 3 nitrogen and oxygen atoms in total. The lowest BCUT2D eigenvalue weighted by molar-refractivity contribution is -0.114. The van der Waals surface area contributed by atoms with Crippen LogP contribution >= 0.6 is 0 Å². The topological polar surface area (TPSA) is 49.3 Å². The first-order valence-corrected chi connectivity index (χ1v) is 4.70. The van der Waals surface area contributed by atoms with E-state index in [4.69, 9.17) is 5.11 Å². The van der Waals surface area contributed by atoms with Gasteiger partial charge >= 0.3 is 0 Å². The van der Waals surface area contributed by atoms with Crippen molar-refractivity contribution < 1.29 is 9.90 Å². The lowest BCUT2D eigenvalue weighted by Gasteiger charge is -2.06. The van der Waals surface area contributed by atoms with E-state index in [-0.39, 0.29) is 12.5 Å². The van der Waals surface area contributed by atoms with Crippen LogP contribution in [0.4, 0.5) is 5.69 Å². The normalized spacial score (nSPS) is 8.57. The minimum Gasteiger partial charge on any atom is -0.392 e. The molecule has 78 valence electrons. The van der Waals surface area contributed by atoms with Gasteiger partial charge in [-0.15, -0.1) is 0 Å². The van der Waals surface area contributed by atoms with Gasteiger partial charge in [-0.25, -0.2) is 0 Å². The minimum absolute atomic E-state index is 0.0591. The first kappa shape index (κ1) is 12.7. The third kappa shape index (κ3) is 4.05. The number of carbonyl (C=O) groups is 1. The predicted octanol–water partition coefficient (Wildman–Crippen LogP) is 2.16. The van der Waals surface area contributed by atoms with Gasteiger partial charge in [-0.1, -0.05) is 32.0 Å². The van der Waals surface area contributed by atoms with Crippen molar-refractivity contribution in [1.82, 2.24) is 0 Å². The summed E-state index contributed by atoms with van der Waals surface area (Å²) in [5.74, 6) is -0.129. The second kappa shape index (κ2) is 7.09. The molecule has 0 saturated carbocycles. The van der Waals surface area contributed by atoms with E-state index >= 15 is 0 Å². The second-order valence-electron chi connectivity index (χ2n) is 2.50. The van der Waals surface area contributed by atoms with Crippen LogP contribution < -0.4 is 5.32 Å². The quantitative estimate of drug-likeness (QED) is 0.759. The molecule has 0 bridgehead atoms. The monoisotopic (exact) mass is 195 g/mol. The van der Waals surface area contributed by atoms with Crippen LogP contribution in [0.5, 0.6) is 0 Å². The van der Waals surface area contributed by atoms with E-state index in [1.165, 1.54) is 6.92 Å². The van der Waals surface area contributed by atoms with Crippen molar-refractivity contribution in [2.24, 2.45) is 0 Å². The molecule has 0 unspecified atom stereocenters. The molecule has 0 aliphatic heterocycles. The van der Waals surface area contributed by atoms with Crippen LogP contribution in [0.25, 0.3) is 0 Å². The maximum atomic E-state index is 10.7. The van der Waals surface area contributed by atoms with Crippen LogP contribution in [-0.2, 0) is 11.4 Å². The Bertz CT molecular complexity index is 284. The smallest absolute Gasteiger partial charge is 0.221 e. The highest BCUT2D eigenvalue weighted by Crippen LogP contribution is 2.13. The summed E-state index contributed by atoms with van der Waals surface area (Å²) < 4.78 is 0. The molecule has 2 N–H and O–H groups in total. The molecular formula is C11H17NO2. The largest absolute Gasteiger partial charge is 0.392 e. The fraction of sp³-hybridized carbons (Fsp3) is 0.364. The van der Waals surface area contributed by atoms with Gasteiger partial charge in [0.25, 0.3) is 0 Å². The van der Waals surface area contributed by atoms with Gasteiger partial charge in [0.1, 0.15) is 0 Å². The third-order valence-electron chi connectivity index (χ3n) is 1.50. The predicted molar refractivity (Wildman–Crippen MR) is 58.0 cm³/mol. The van der Waals surface area contributed by atoms with Crippen LogP contribution in [0, 0.1) is 0 Å². The van der Waals surface area contributed by atoms with Gasteiger partial charge in [0.05, 0.1) is 6.61 Å². The Balaban J connectivity index is 0.000000791. The number of benzene rings is 1. The standard InChI is InChI=1S/C9H11NO2.C2H6/c1-7(12)10-9-5-3-2-4-8(9)6-11;1-2/h2-5,11H,6H2,1H3,(H,10,12);1-2H3. The molecule has 3 heteroatoms. The number of aliphatic hydroxyl groups is 1. The van der Waals surface area contributed by atoms with Gasteiger partial charge in [0, 0.05) is 18.2 Å². The third-order valence-corrected chi connectivity index (χ3v) is 1.50. The van der Waals surface area contributed by atoms with Crippen molar-refractivity contribution in [2.45, 2.75) is 27.4 Å². The maximum Gasteiger partial charge on any atom is 0.221 e. The molecule has 0 aromatic heterocycles. The molecule has 0 spiro atoms.